The van der Waals surface area contributed by atoms with Crippen molar-refractivity contribution in [3.8, 4) is 0 Å². The van der Waals surface area contributed by atoms with Gasteiger partial charge in [0.15, 0.2) is 0 Å². The number of carbonyl (C=O) groups is 1. The predicted octanol–water partition coefficient (Wildman–Crippen LogP) is 3.29. The Kier molecular flexibility index (Phi) is 4.18. The van der Waals surface area contributed by atoms with Gasteiger partial charge < -0.3 is 11.1 Å². The van der Waals surface area contributed by atoms with Gasteiger partial charge in [-0.3, -0.25) is 4.79 Å². The van der Waals surface area contributed by atoms with Crippen LogP contribution < -0.4 is 11.1 Å². The van der Waals surface area contributed by atoms with E-state index in [4.69, 9.17) is 5.73 Å². The van der Waals surface area contributed by atoms with Crippen molar-refractivity contribution in [1.82, 2.24) is 0 Å². The van der Waals surface area contributed by atoms with Crippen LogP contribution in [-0.4, -0.2) is 11.4 Å². The molecule has 0 saturated heterocycles. The highest BCUT2D eigenvalue weighted by Gasteiger charge is 2.40. The summed E-state index contributed by atoms with van der Waals surface area (Å²) in [6.45, 7) is 7.15. The van der Waals surface area contributed by atoms with Gasteiger partial charge in [-0.2, -0.15) is 0 Å². The molecule has 1 aromatic carbocycles. The van der Waals surface area contributed by atoms with Crippen molar-refractivity contribution < 1.29 is 9.18 Å². The van der Waals surface area contributed by atoms with Crippen LogP contribution in [0.5, 0.6) is 0 Å². The lowest BCUT2D eigenvalue weighted by Gasteiger charge is -2.36. The zero-order valence-corrected chi connectivity index (χ0v) is 12.6. The minimum absolute atomic E-state index is 0.206. The Hall–Kier alpha value is -0.940. The molecule has 1 rings (SSSR count). The van der Waals surface area contributed by atoms with Gasteiger partial charge in [-0.15, -0.1) is 0 Å². The van der Waals surface area contributed by atoms with Crippen LogP contribution in [0.2, 0.25) is 0 Å². The van der Waals surface area contributed by atoms with Crippen LogP contribution in [0.4, 0.5) is 10.1 Å². The van der Waals surface area contributed by atoms with Crippen molar-refractivity contribution in [1.29, 1.82) is 0 Å². The van der Waals surface area contributed by atoms with Gasteiger partial charge in [-0.05, 0) is 61.8 Å². The average Bonchev–Trinajstić information content (AvgIpc) is 2.20. The lowest BCUT2D eigenvalue weighted by atomic mass is 9.74. The highest BCUT2D eigenvalue weighted by atomic mass is 79.9. The van der Waals surface area contributed by atoms with Crippen LogP contribution in [0, 0.1) is 11.2 Å². The van der Waals surface area contributed by atoms with Crippen molar-refractivity contribution in [2.45, 2.75) is 33.2 Å². The number of amides is 1. The molecular weight excluding hydrogens is 299 g/mol. The Balaban J connectivity index is 2.95. The van der Waals surface area contributed by atoms with E-state index in [0.29, 0.717) is 10.2 Å². The van der Waals surface area contributed by atoms with E-state index in [1.807, 2.05) is 0 Å². The molecule has 0 atom stereocenters. The highest BCUT2D eigenvalue weighted by molar-refractivity contribution is 9.10. The second-order valence-electron chi connectivity index (χ2n) is 5.42. The maximum absolute atomic E-state index is 12.9. The minimum atomic E-state index is -0.749. The number of anilines is 1. The first-order chi connectivity index (χ1) is 8.05. The largest absolute Gasteiger partial charge is 0.325 e. The minimum Gasteiger partial charge on any atom is -0.325 e. The molecule has 0 saturated carbocycles. The summed E-state index contributed by atoms with van der Waals surface area (Å²) in [4.78, 5) is 12.2. The first-order valence-corrected chi connectivity index (χ1v) is 6.40. The van der Waals surface area contributed by atoms with Crippen LogP contribution in [0.15, 0.2) is 22.7 Å². The van der Waals surface area contributed by atoms with E-state index in [9.17, 15) is 9.18 Å². The average molecular weight is 317 g/mol. The second kappa shape index (κ2) is 4.97. The molecular formula is C13H18BrFN2O. The van der Waals surface area contributed by atoms with Crippen LogP contribution in [0.1, 0.15) is 27.7 Å². The third-order valence-corrected chi connectivity index (χ3v) is 4.01. The standard InChI is InChI=1S/C13H18BrFN2O/c1-12(2,13(3,4)16)11(18)17-10-6-5-8(15)7-9(10)14/h5-7H,16H2,1-4H3,(H,17,18). The molecule has 18 heavy (non-hydrogen) atoms. The molecule has 0 fully saturated rings. The fourth-order valence-corrected chi connectivity index (χ4v) is 1.61. The summed E-state index contributed by atoms with van der Waals surface area (Å²) in [5.41, 5.74) is 5.11. The Labute approximate surface area is 115 Å². The molecule has 0 aromatic heterocycles. The van der Waals surface area contributed by atoms with E-state index in [-0.39, 0.29) is 11.7 Å². The molecule has 3 nitrogen and oxygen atoms in total. The molecule has 0 radical (unpaired) electrons. The summed E-state index contributed by atoms with van der Waals surface area (Å²) in [7, 11) is 0. The van der Waals surface area contributed by atoms with Crippen molar-refractivity contribution in [2.75, 3.05) is 5.32 Å². The summed E-state index contributed by atoms with van der Waals surface area (Å²) in [5, 5.41) is 2.75. The van der Waals surface area contributed by atoms with E-state index in [1.165, 1.54) is 18.2 Å². The Morgan fingerprint density at radius 1 is 1.33 bits per heavy atom. The Bertz CT molecular complexity index is 467. The van der Waals surface area contributed by atoms with Gasteiger partial charge in [0.1, 0.15) is 5.82 Å². The topological polar surface area (TPSA) is 55.1 Å². The normalized spacial score (nSPS) is 12.4. The molecule has 0 spiro atoms. The third kappa shape index (κ3) is 3.09. The van der Waals surface area contributed by atoms with Gasteiger partial charge in [0.25, 0.3) is 0 Å². The quantitative estimate of drug-likeness (QED) is 0.899. The molecule has 0 bridgehead atoms. The van der Waals surface area contributed by atoms with E-state index < -0.39 is 11.0 Å². The number of hydrogen-bond donors (Lipinski definition) is 2. The Morgan fingerprint density at radius 3 is 2.33 bits per heavy atom. The molecule has 3 N–H and O–H groups in total. The fraction of sp³-hybridized carbons (Fsp3) is 0.462. The van der Waals surface area contributed by atoms with E-state index in [0.717, 1.165) is 0 Å². The first kappa shape index (κ1) is 15.1. The zero-order valence-electron chi connectivity index (χ0n) is 11.0. The number of nitrogens with two attached hydrogens (primary N) is 1. The Morgan fingerprint density at radius 2 is 1.89 bits per heavy atom. The fourth-order valence-electron chi connectivity index (χ4n) is 1.16. The molecule has 0 aliphatic heterocycles. The van der Waals surface area contributed by atoms with Crippen molar-refractivity contribution in [3.63, 3.8) is 0 Å². The molecule has 1 amide bonds. The maximum atomic E-state index is 12.9. The number of carbonyl (C=O) groups excluding carboxylic acids is 1. The van der Waals surface area contributed by atoms with Crippen LogP contribution in [0.25, 0.3) is 0 Å². The van der Waals surface area contributed by atoms with Gasteiger partial charge >= 0.3 is 0 Å². The van der Waals surface area contributed by atoms with E-state index >= 15 is 0 Å². The molecule has 0 unspecified atom stereocenters. The van der Waals surface area contributed by atoms with Crippen LogP contribution in [-0.2, 0) is 4.79 Å². The first-order valence-electron chi connectivity index (χ1n) is 5.61. The molecule has 100 valence electrons. The SMILES string of the molecule is CC(C)(N)C(C)(C)C(=O)Nc1ccc(F)cc1Br. The number of halogens is 2. The lowest BCUT2D eigenvalue weighted by molar-refractivity contribution is -0.126. The summed E-state index contributed by atoms with van der Waals surface area (Å²) in [6.07, 6.45) is 0. The third-order valence-electron chi connectivity index (χ3n) is 3.36. The van der Waals surface area contributed by atoms with Crippen molar-refractivity contribution in [3.05, 3.63) is 28.5 Å². The monoisotopic (exact) mass is 316 g/mol. The summed E-state index contributed by atoms with van der Waals surface area (Å²) >= 11 is 3.21. The van der Waals surface area contributed by atoms with Crippen molar-refractivity contribution >= 4 is 27.5 Å². The smallest absolute Gasteiger partial charge is 0.231 e. The second-order valence-corrected chi connectivity index (χ2v) is 6.28. The number of rotatable bonds is 3. The molecule has 0 aliphatic rings. The van der Waals surface area contributed by atoms with E-state index in [1.54, 1.807) is 27.7 Å². The van der Waals surface area contributed by atoms with Gasteiger partial charge in [-0.25, -0.2) is 4.39 Å². The predicted molar refractivity (Wildman–Crippen MR) is 74.8 cm³/mol. The summed E-state index contributed by atoms with van der Waals surface area (Å²) in [5.74, 6) is -0.569. The van der Waals surface area contributed by atoms with Gasteiger partial charge in [-0.1, -0.05) is 0 Å². The zero-order chi connectivity index (χ0) is 14.1. The summed E-state index contributed by atoms with van der Waals surface area (Å²) in [6, 6.07) is 4.11. The van der Waals surface area contributed by atoms with Crippen molar-refractivity contribution in [2.24, 2.45) is 11.1 Å². The number of nitrogens with one attached hydrogen (secondary N) is 1. The van der Waals surface area contributed by atoms with Gasteiger partial charge in [0, 0.05) is 10.0 Å². The van der Waals surface area contributed by atoms with Gasteiger partial charge in [0.2, 0.25) is 5.91 Å². The van der Waals surface area contributed by atoms with E-state index in [2.05, 4.69) is 21.2 Å². The molecule has 1 aromatic rings. The van der Waals surface area contributed by atoms with Gasteiger partial charge in [0.05, 0.1) is 11.1 Å². The van der Waals surface area contributed by atoms with Crippen LogP contribution in [0.3, 0.4) is 0 Å². The number of hydrogen-bond acceptors (Lipinski definition) is 2. The van der Waals surface area contributed by atoms with Crippen LogP contribution >= 0.6 is 15.9 Å². The number of benzene rings is 1. The highest BCUT2D eigenvalue weighted by Crippen LogP contribution is 2.31. The maximum Gasteiger partial charge on any atom is 0.231 e. The lowest BCUT2D eigenvalue weighted by Crippen LogP contribution is -2.53. The molecule has 5 heteroatoms. The molecule has 0 heterocycles. The molecule has 0 aliphatic carbocycles. The summed E-state index contributed by atoms with van der Waals surface area (Å²) < 4.78 is 13.4.